The number of hydrogen-bond donors (Lipinski definition) is 2. The van der Waals surface area contributed by atoms with Crippen molar-refractivity contribution in [3.8, 4) is 0 Å². The van der Waals surface area contributed by atoms with Crippen LogP contribution in [-0.4, -0.2) is 37.8 Å². The number of hydrogen-bond acceptors (Lipinski definition) is 2. The zero-order valence-electron chi connectivity index (χ0n) is 12.4. The van der Waals surface area contributed by atoms with Gasteiger partial charge in [-0.05, 0) is 40.0 Å². The summed E-state index contributed by atoms with van der Waals surface area (Å²) >= 11 is 0. The minimum Gasteiger partial charge on any atom is -0.378 e. The maximum Gasteiger partial charge on any atom is 0.191 e. The SMILES string of the molecule is CN=C(NCCCOC1CCCC1)NC(C)(C)C. The normalized spacial score (nSPS) is 18.1. The van der Waals surface area contributed by atoms with E-state index in [1.54, 1.807) is 7.05 Å². The van der Waals surface area contributed by atoms with Crippen LogP contribution >= 0.6 is 0 Å². The van der Waals surface area contributed by atoms with Gasteiger partial charge in [0, 0.05) is 25.7 Å². The van der Waals surface area contributed by atoms with Gasteiger partial charge in [0.25, 0.3) is 0 Å². The molecule has 0 unspecified atom stereocenters. The van der Waals surface area contributed by atoms with E-state index in [1.165, 1.54) is 25.7 Å². The third-order valence-corrected chi connectivity index (χ3v) is 2.99. The van der Waals surface area contributed by atoms with Gasteiger partial charge >= 0.3 is 0 Å². The monoisotopic (exact) mass is 255 g/mol. The molecular weight excluding hydrogens is 226 g/mol. The Morgan fingerprint density at radius 3 is 2.50 bits per heavy atom. The topological polar surface area (TPSA) is 45.7 Å². The standard InChI is InChI=1S/C14H29N3O/c1-14(2,3)17-13(15-4)16-10-7-11-18-12-8-5-6-9-12/h12H,5-11H2,1-4H3,(H2,15,16,17). The average Bonchev–Trinajstić information content (AvgIpc) is 2.78. The van der Waals surface area contributed by atoms with Crippen LogP contribution in [0.1, 0.15) is 52.9 Å². The van der Waals surface area contributed by atoms with E-state index in [0.29, 0.717) is 6.10 Å². The van der Waals surface area contributed by atoms with Gasteiger partial charge in [0.1, 0.15) is 0 Å². The molecule has 1 aliphatic rings. The molecule has 4 nitrogen and oxygen atoms in total. The molecule has 2 N–H and O–H groups in total. The molecular formula is C14H29N3O. The van der Waals surface area contributed by atoms with Gasteiger partial charge in [-0.1, -0.05) is 12.8 Å². The Balaban J connectivity index is 2.05. The zero-order chi connectivity index (χ0) is 13.4. The van der Waals surface area contributed by atoms with Gasteiger partial charge in [0.05, 0.1) is 6.10 Å². The molecule has 0 aliphatic heterocycles. The summed E-state index contributed by atoms with van der Waals surface area (Å²) in [5.41, 5.74) is 0.0438. The number of guanidine groups is 1. The molecule has 1 saturated carbocycles. The van der Waals surface area contributed by atoms with Crippen LogP contribution in [0.3, 0.4) is 0 Å². The maximum atomic E-state index is 5.82. The first-order valence-corrected chi connectivity index (χ1v) is 7.12. The molecule has 0 heterocycles. The Kier molecular flexibility index (Phi) is 6.47. The second-order valence-electron chi connectivity index (χ2n) is 6.00. The molecule has 1 aliphatic carbocycles. The predicted molar refractivity (Wildman–Crippen MR) is 77.1 cm³/mol. The summed E-state index contributed by atoms with van der Waals surface area (Å²) in [5, 5.41) is 6.65. The van der Waals surface area contributed by atoms with E-state index in [9.17, 15) is 0 Å². The Morgan fingerprint density at radius 2 is 1.94 bits per heavy atom. The molecule has 106 valence electrons. The van der Waals surface area contributed by atoms with E-state index < -0.39 is 0 Å². The van der Waals surface area contributed by atoms with Crippen LogP contribution in [0.15, 0.2) is 4.99 Å². The highest BCUT2D eigenvalue weighted by Gasteiger charge is 2.15. The van der Waals surface area contributed by atoms with E-state index in [2.05, 4.69) is 36.4 Å². The molecule has 0 aromatic heterocycles. The summed E-state index contributed by atoms with van der Waals surface area (Å²) in [7, 11) is 1.80. The summed E-state index contributed by atoms with van der Waals surface area (Å²) in [6.07, 6.45) is 6.73. The van der Waals surface area contributed by atoms with Crippen molar-refractivity contribution < 1.29 is 4.74 Å². The van der Waals surface area contributed by atoms with Crippen molar-refractivity contribution in [3.63, 3.8) is 0 Å². The van der Waals surface area contributed by atoms with Gasteiger partial charge in [-0.25, -0.2) is 0 Å². The van der Waals surface area contributed by atoms with Crippen molar-refractivity contribution in [2.75, 3.05) is 20.2 Å². The molecule has 0 amide bonds. The highest BCUT2D eigenvalue weighted by Crippen LogP contribution is 2.20. The summed E-state index contributed by atoms with van der Waals surface area (Å²) in [6, 6.07) is 0. The maximum absolute atomic E-state index is 5.82. The summed E-state index contributed by atoms with van der Waals surface area (Å²) in [6.45, 7) is 8.14. The molecule has 0 saturated heterocycles. The highest BCUT2D eigenvalue weighted by atomic mass is 16.5. The second-order valence-corrected chi connectivity index (χ2v) is 6.00. The third-order valence-electron chi connectivity index (χ3n) is 2.99. The van der Waals surface area contributed by atoms with Crippen LogP contribution in [0, 0.1) is 0 Å². The van der Waals surface area contributed by atoms with E-state index in [0.717, 1.165) is 25.5 Å². The van der Waals surface area contributed by atoms with Crippen molar-refractivity contribution >= 4 is 5.96 Å². The van der Waals surface area contributed by atoms with E-state index in [-0.39, 0.29) is 5.54 Å². The van der Waals surface area contributed by atoms with Crippen LogP contribution in [0.25, 0.3) is 0 Å². The minimum atomic E-state index is 0.0438. The lowest BCUT2D eigenvalue weighted by Crippen LogP contribution is -2.47. The van der Waals surface area contributed by atoms with Crippen molar-refractivity contribution in [2.24, 2.45) is 4.99 Å². The zero-order valence-corrected chi connectivity index (χ0v) is 12.4. The Labute approximate surface area is 112 Å². The van der Waals surface area contributed by atoms with Crippen molar-refractivity contribution in [2.45, 2.75) is 64.5 Å². The Hall–Kier alpha value is -0.770. The van der Waals surface area contributed by atoms with Crippen molar-refractivity contribution in [1.29, 1.82) is 0 Å². The smallest absolute Gasteiger partial charge is 0.191 e. The molecule has 18 heavy (non-hydrogen) atoms. The molecule has 0 atom stereocenters. The Morgan fingerprint density at radius 1 is 1.28 bits per heavy atom. The number of nitrogens with zero attached hydrogens (tertiary/aromatic N) is 1. The van der Waals surface area contributed by atoms with Gasteiger partial charge in [-0.3, -0.25) is 4.99 Å². The van der Waals surface area contributed by atoms with Crippen LogP contribution < -0.4 is 10.6 Å². The van der Waals surface area contributed by atoms with E-state index in [1.807, 2.05) is 0 Å². The lowest BCUT2D eigenvalue weighted by Gasteiger charge is -2.23. The van der Waals surface area contributed by atoms with Crippen molar-refractivity contribution in [1.82, 2.24) is 10.6 Å². The molecule has 0 bridgehead atoms. The first kappa shape index (κ1) is 15.3. The highest BCUT2D eigenvalue weighted by molar-refractivity contribution is 5.80. The molecule has 0 aromatic carbocycles. The van der Waals surface area contributed by atoms with Crippen LogP contribution in [0.4, 0.5) is 0 Å². The Bertz CT molecular complexity index is 252. The number of nitrogens with one attached hydrogen (secondary N) is 2. The molecule has 0 aromatic rings. The second kappa shape index (κ2) is 7.62. The van der Waals surface area contributed by atoms with Gasteiger partial charge in [-0.15, -0.1) is 0 Å². The fourth-order valence-corrected chi connectivity index (χ4v) is 2.12. The quantitative estimate of drug-likeness (QED) is 0.450. The van der Waals surface area contributed by atoms with Crippen LogP contribution in [-0.2, 0) is 4.74 Å². The van der Waals surface area contributed by atoms with Crippen LogP contribution in [0.5, 0.6) is 0 Å². The molecule has 0 radical (unpaired) electrons. The summed E-state index contributed by atoms with van der Waals surface area (Å²) in [5.74, 6) is 0.864. The minimum absolute atomic E-state index is 0.0438. The predicted octanol–water partition coefficient (Wildman–Crippen LogP) is 2.30. The van der Waals surface area contributed by atoms with Crippen LogP contribution in [0.2, 0.25) is 0 Å². The van der Waals surface area contributed by atoms with Crippen molar-refractivity contribution in [3.05, 3.63) is 0 Å². The first-order valence-electron chi connectivity index (χ1n) is 7.12. The molecule has 1 fully saturated rings. The van der Waals surface area contributed by atoms with Gasteiger partial charge < -0.3 is 15.4 Å². The van der Waals surface area contributed by atoms with Gasteiger partial charge in [0.2, 0.25) is 0 Å². The number of rotatable bonds is 5. The fourth-order valence-electron chi connectivity index (χ4n) is 2.12. The number of ether oxygens (including phenoxy) is 1. The van der Waals surface area contributed by atoms with Gasteiger partial charge in [0.15, 0.2) is 5.96 Å². The number of aliphatic imine (C=N–C) groups is 1. The lowest BCUT2D eigenvalue weighted by molar-refractivity contribution is 0.0574. The summed E-state index contributed by atoms with van der Waals surface area (Å²) < 4.78 is 5.82. The average molecular weight is 255 g/mol. The molecule has 0 spiro atoms. The van der Waals surface area contributed by atoms with E-state index in [4.69, 9.17) is 4.74 Å². The summed E-state index contributed by atoms with van der Waals surface area (Å²) in [4.78, 5) is 4.20. The third kappa shape index (κ3) is 6.84. The lowest BCUT2D eigenvalue weighted by atomic mass is 10.1. The first-order chi connectivity index (χ1) is 8.51. The van der Waals surface area contributed by atoms with E-state index >= 15 is 0 Å². The molecule has 4 heteroatoms. The largest absolute Gasteiger partial charge is 0.378 e. The molecule has 1 rings (SSSR count). The fraction of sp³-hybridized carbons (Fsp3) is 0.929. The van der Waals surface area contributed by atoms with Gasteiger partial charge in [-0.2, -0.15) is 0 Å².